The number of rotatable bonds is 8. The summed E-state index contributed by atoms with van der Waals surface area (Å²) in [6.45, 7) is 2.34. The maximum absolute atomic E-state index is 13.4. The van der Waals surface area contributed by atoms with Crippen LogP contribution in [0.15, 0.2) is 54.7 Å². The Morgan fingerprint density at radius 2 is 1.88 bits per heavy atom. The van der Waals surface area contributed by atoms with Crippen LogP contribution in [0.2, 0.25) is 0 Å². The minimum absolute atomic E-state index is 0.252. The van der Waals surface area contributed by atoms with Gasteiger partial charge in [0, 0.05) is 28.1 Å². The highest BCUT2D eigenvalue weighted by Crippen LogP contribution is 2.37. The van der Waals surface area contributed by atoms with Gasteiger partial charge in [0.2, 0.25) is 11.6 Å². The second-order valence-corrected chi connectivity index (χ2v) is 6.75. The second kappa shape index (κ2) is 9.25. The zero-order chi connectivity index (χ0) is 22.5. The first-order valence-corrected chi connectivity index (χ1v) is 9.83. The first kappa shape index (κ1) is 21.0. The molecule has 2 heterocycles. The number of carbonyl (C=O) groups is 1. The molecule has 0 saturated heterocycles. The number of nitrogens with one attached hydrogen (secondary N) is 1. The van der Waals surface area contributed by atoms with E-state index in [9.17, 15) is 4.79 Å². The molecule has 0 radical (unpaired) electrons. The summed E-state index contributed by atoms with van der Waals surface area (Å²) in [5.41, 5.74) is 1.33. The van der Waals surface area contributed by atoms with Gasteiger partial charge in [-0.15, -0.1) is 10.2 Å². The molecule has 32 heavy (non-hydrogen) atoms. The SMILES string of the molecule is CC=CCOc1cccc(C(=O)c2ncc(-c3nn[nH]n3)c3cc(OC)c(OC)cc23)c1. The van der Waals surface area contributed by atoms with E-state index >= 15 is 0 Å². The number of carbonyl (C=O) groups excluding carboxylic acids is 1. The average Bonchev–Trinajstić information content (AvgIpc) is 3.37. The maximum atomic E-state index is 13.4. The number of allylic oxidation sites excluding steroid dienone is 1. The molecule has 0 aliphatic rings. The molecule has 0 spiro atoms. The molecule has 4 aromatic rings. The molecule has 9 heteroatoms. The number of nitrogens with zero attached hydrogens (tertiary/aromatic N) is 4. The van der Waals surface area contributed by atoms with Crippen molar-refractivity contribution in [2.45, 2.75) is 6.92 Å². The van der Waals surface area contributed by atoms with E-state index < -0.39 is 0 Å². The fraction of sp³-hybridized carbons (Fsp3) is 0.174. The van der Waals surface area contributed by atoms with Crippen LogP contribution in [0.1, 0.15) is 23.0 Å². The minimum Gasteiger partial charge on any atom is -0.493 e. The fourth-order valence-corrected chi connectivity index (χ4v) is 3.31. The van der Waals surface area contributed by atoms with E-state index in [-0.39, 0.29) is 11.5 Å². The van der Waals surface area contributed by atoms with Crippen LogP contribution < -0.4 is 14.2 Å². The third-order valence-corrected chi connectivity index (χ3v) is 4.87. The van der Waals surface area contributed by atoms with Crippen LogP contribution >= 0.6 is 0 Å². The standard InChI is InChI=1S/C23H21N5O4/c1-4-5-9-32-15-8-6-7-14(10-15)22(29)21-17-12-20(31-3)19(30-2)11-16(17)18(13-24-21)23-25-27-28-26-23/h4-8,10-13H,9H2,1-3H3,(H,25,26,27,28). The predicted octanol–water partition coefficient (Wildman–Crippen LogP) is 3.62. The van der Waals surface area contributed by atoms with Crippen molar-refractivity contribution in [2.24, 2.45) is 0 Å². The monoisotopic (exact) mass is 431 g/mol. The van der Waals surface area contributed by atoms with Gasteiger partial charge in [0.05, 0.1) is 14.2 Å². The molecule has 0 unspecified atom stereocenters. The summed E-state index contributed by atoms with van der Waals surface area (Å²) >= 11 is 0. The number of benzene rings is 2. The van der Waals surface area contributed by atoms with E-state index in [1.54, 1.807) is 49.7 Å². The Morgan fingerprint density at radius 1 is 1.09 bits per heavy atom. The number of H-pyrrole nitrogens is 1. The lowest BCUT2D eigenvalue weighted by Gasteiger charge is -2.13. The quantitative estimate of drug-likeness (QED) is 0.333. The molecule has 162 valence electrons. The summed E-state index contributed by atoms with van der Waals surface area (Å²) in [6, 6.07) is 10.5. The molecular formula is C23H21N5O4. The molecule has 0 atom stereocenters. The van der Waals surface area contributed by atoms with Crippen molar-refractivity contribution in [3.8, 4) is 28.6 Å². The highest BCUT2D eigenvalue weighted by molar-refractivity contribution is 6.17. The number of methoxy groups -OCH3 is 2. The van der Waals surface area contributed by atoms with Gasteiger partial charge in [-0.2, -0.15) is 5.21 Å². The molecule has 0 fully saturated rings. The number of hydrogen-bond donors (Lipinski definition) is 1. The van der Waals surface area contributed by atoms with Crippen molar-refractivity contribution >= 4 is 16.6 Å². The summed E-state index contributed by atoms with van der Waals surface area (Å²) in [6.07, 6.45) is 5.34. The maximum Gasteiger partial charge on any atom is 0.212 e. The van der Waals surface area contributed by atoms with Crippen molar-refractivity contribution in [3.63, 3.8) is 0 Å². The normalized spacial score (nSPS) is 11.1. The van der Waals surface area contributed by atoms with E-state index in [0.29, 0.717) is 51.6 Å². The lowest BCUT2D eigenvalue weighted by Crippen LogP contribution is -2.07. The topological polar surface area (TPSA) is 112 Å². The summed E-state index contributed by atoms with van der Waals surface area (Å²) in [7, 11) is 3.08. The van der Waals surface area contributed by atoms with Crippen LogP contribution in [0, 0.1) is 0 Å². The highest BCUT2D eigenvalue weighted by atomic mass is 16.5. The number of aromatic amines is 1. The van der Waals surface area contributed by atoms with Crippen LogP contribution in [-0.2, 0) is 0 Å². The molecule has 0 bridgehead atoms. The first-order valence-electron chi connectivity index (χ1n) is 9.83. The number of fused-ring (bicyclic) bond motifs is 1. The number of ketones is 1. The molecular weight excluding hydrogens is 410 g/mol. The zero-order valence-electron chi connectivity index (χ0n) is 17.8. The van der Waals surface area contributed by atoms with Gasteiger partial charge in [0.1, 0.15) is 18.1 Å². The van der Waals surface area contributed by atoms with Gasteiger partial charge in [0.15, 0.2) is 11.5 Å². The minimum atomic E-state index is -0.252. The van der Waals surface area contributed by atoms with Crippen LogP contribution in [0.5, 0.6) is 17.2 Å². The van der Waals surface area contributed by atoms with Gasteiger partial charge in [-0.25, -0.2) is 0 Å². The van der Waals surface area contributed by atoms with Crippen LogP contribution in [0.3, 0.4) is 0 Å². The molecule has 0 saturated carbocycles. The third-order valence-electron chi connectivity index (χ3n) is 4.87. The van der Waals surface area contributed by atoms with Crippen LogP contribution in [0.25, 0.3) is 22.2 Å². The van der Waals surface area contributed by atoms with Crippen LogP contribution in [-0.4, -0.2) is 52.2 Å². The molecule has 0 aliphatic heterocycles. The van der Waals surface area contributed by atoms with Crippen molar-refractivity contribution in [1.82, 2.24) is 25.6 Å². The Hall–Kier alpha value is -4.27. The molecule has 0 aliphatic carbocycles. The Morgan fingerprint density at radius 3 is 2.56 bits per heavy atom. The molecule has 2 aromatic heterocycles. The van der Waals surface area contributed by atoms with E-state index in [1.165, 1.54) is 7.11 Å². The molecule has 4 rings (SSSR count). The van der Waals surface area contributed by atoms with Crippen molar-refractivity contribution in [1.29, 1.82) is 0 Å². The van der Waals surface area contributed by atoms with E-state index in [2.05, 4.69) is 25.6 Å². The van der Waals surface area contributed by atoms with Gasteiger partial charge in [-0.05, 0) is 36.4 Å². The van der Waals surface area contributed by atoms with E-state index in [0.717, 1.165) is 0 Å². The largest absolute Gasteiger partial charge is 0.493 e. The molecule has 1 N–H and O–H groups in total. The smallest absolute Gasteiger partial charge is 0.212 e. The number of tetrazole rings is 1. The van der Waals surface area contributed by atoms with Gasteiger partial charge in [-0.1, -0.05) is 24.3 Å². The van der Waals surface area contributed by atoms with Crippen molar-refractivity contribution in [3.05, 3.63) is 66.0 Å². The van der Waals surface area contributed by atoms with Gasteiger partial charge in [0.25, 0.3) is 0 Å². The molecule has 9 nitrogen and oxygen atoms in total. The highest BCUT2D eigenvalue weighted by Gasteiger charge is 2.21. The number of hydrogen-bond acceptors (Lipinski definition) is 8. The Labute approximate surface area is 184 Å². The second-order valence-electron chi connectivity index (χ2n) is 6.75. The van der Waals surface area contributed by atoms with E-state index in [1.807, 2.05) is 19.1 Å². The predicted molar refractivity (Wildman–Crippen MR) is 118 cm³/mol. The van der Waals surface area contributed by atoms with E-state index in [4.69, 9.17) is 14.2 Å². The first-order chi connectivity index (χ1) is 15.7. The Balaban J connectivity index is 1.85. The number of ether oxygens (including phenoxy) is 3. The van der Waals surface area contributed by atoms with Gasteiger partial charge < -0.3 is 14.2 Å². The summed E-state index contributed by atoms with van der Waals surface area (Å²) in [5, 5.41) is 15.4. The zero-order valence-corrected chi connectivity index (χ0v) is 17.8. The van der Waals surface area contributed by atoms with Gasteiger partial charge >= 0.3 is 0 Å². The summed E-state index contributed by atoms with van der Waals surface area (Å²) < 4.78 is 16.6. The number of aromatic nitrogens is 5. The van der Waals surface area contributed by atoms with Crippen LogP contribution in [0.4, 0.5) is 0 Å². The molecule has 2 aromatic carbocycles. The van der Waals surface area contributed by atoms with Gasteiger partial charge in [-0.3, -0.25) is 9.78 Å². The average molecular weight is 431 g/mol. The van der Waals surface area contributed by atoms with Crippen molar-refractivity contribution < 1.29 is 19.0 Å². The lowest BCUT2D eigenvalue weighted by atomic mass is 9.98. The third kappa shape index (κ3) is 4.00. The number of pyridine rings is 1. The summed E-state index contributed by atoms with van der Waals surface area (Å²) in [4.78, 5) is 17.9. The summed E-state index contributed by atoms with van der Waals surface area (Å²) in [5.74, 6) is 1.69. The van der Waals surface area contributed by atoms with Crippen molar-refractivity contribution in [2.75, 3.05) is 20.8 Å². The molecule has 0 amide bonds. The fourth-order valence-electron chi connectivity index (χ4n) is 3.31. The lowest BCUT2D eigenvalue weighted by molar-refractivity contribution is 0.103. The Bertz CT molecular complexity index is 1290. The Kier molecular flexibility index (Phi) is 6.07.